The van der Waals surface area contributed by atoms with Crippen molar-refractivity contribution in [3.05, 3.63) is 28.2 Å². The molecule has 0 aliphatic rings. The van der Waals surface area contributed by atoms with Crippen LogP contribution in [0.3, 0.4) is 0 Å². The van der Waals surface area contributed by atoms with E-state index in [0.29, 0.717) is 10.0 Å². The normalized spacial score (nSPS) is 12.7. The summed E-state index contributed by atoms with van der Waals surface area (Å²) in [6.45, 7) is 5.50. The average molecular weight is 297 g/mol. The molecular formula is C11H12BrF3O. The summed E-state index contributed by atoms with van der Waals surface area (Å²) in [4.78, 5) is 0. The highest BCUT2D eigenvalue weighted by Crippen LogP contribution is 2.36. The zero-order chi connectivity index (χ0) is 12.6. The van der Waals surface area contributed by atoms with Crippen molar-refractivity contribution in [1.82, 2.24) is 0 Å². The molecule has 0 aromatic heterocycles. The van der Waals surface area contributed by atoms with E-state index < -0.39 is 11.8 Å². The maximum atomic E-state index is 12.2. The zero-order valence-electron chi connectivity index (χ0n) is 9.15. The fourth-order valence-electron chi connectivity index (χ4n) is 1.32. The smallest absolute Gasteiger partial charge is 0.405 e. The van der Waals surface area contributed by atoms with Gasteiger partial charge in [-0.05, 0) is 23.1 Å². The molecule has 0 aliphatic carbocycles. The van der Waals surface area contributed by atoms with Crippen molar-refractivity contribution < 1.29 is 17.9 Å². The number of halogens is 4. The van der Waals surface area contributed by atoms with Gasteiger partial charge >= 0.3 is 6.36 Å². The molecule has 0 radical (unpaired) electrons. The van der Waals surface area contributed by atoms with Crippen LogP contribution in [-0.2, 0) is 5.41 Å². The molecule has 0 spiro atoms. The van der Waals surface area contributed by atoms with E-state index in [1.54, 1.807) is 12.1 Å². The molecule has 0 atom stereocenters. The molecule has 0 saturated heterocycles. The van der Waals surface area contributed by atoms with Crippen molar-refractivity contribution in [3.63, 3.8) is 0 Å². The lowest BCUT2D eigenvalue weighted by atomic mass is 9.86. The molecular weight excluding hydrogens is 285 g/mol. The molecule has 0 unspecified atom stereocenters. The number of alkyl halides is 3. The molecule has 0 amide bonds. The summed E-state index contributed by atoms with van der Waals surface area (Å²) in [5.74, 6) is -0.158. The molecule has 0 N–H and O–H groups in total. The van der Waals surface area contributed by atoms with E-state index in [4.69, 9.17) is 0 Å². The van der Waals surface area contributed by atoms with Gasteiger partial charge in [-0.15, -0.1) is 13.2 Å². The van der Waals surface area contributed by atoms with Crippen LogP contribution in [0.4, 0.5) is 13.2 Å². The monoisotopic (exact) mass is 296 g/mol. The lowest BCUT2D eigenvalue weighted by Gasteiger charge is -2.23. The molecule has 1 rings (SSSR count). The Morgan fingerprint density at radius 3 is 2.12 bits per heavy atom. The summed E-state index contributed by atoms with van der Waals surface area (Å²) in [6, 6.07) is 4.66. The van der Waals surface area contributed by atoms with Gasteiger partial charge in [-0.3, -0.25) is 0 Å². The minimum Gasteiger partial charge on any atom is -0.405 e. The van der Waals surface area contributed by atoms with Crippen molar-refractivity contribution in [2.75, 3.05) is 0 Å². The van der Waals surface area contributed by atoms with Crippen molar-refractivity contribution >= 4 is 15.9 Å². The summed E-state index contributed by atoms with van der Waals surface area (Å²) in [5, 5.41) is 0. The minimum atomic E-state index is -4.67. The topological polar surface area (TPSA) is 9.23 Å². The quantitative estimate of drug-likeness (QED) is 0.733. The van der Waals surface area contributed by atoms with Gasteiger partial charge in [-0.25, -0.2) is 0 Å². The van der Waals surface area contributed by atoms with Crippen LogP contribution in [0.1, 0.15) is 26.3 Å². The van der Waals surface area contributed by atoms with Crippen LogP contribution in [0.15, 0.2) is 22.7 Å². The van der Waals surface area contributed by atoms with Crippen LogP contribution >= 0.6 is 15.9 Å². The van der Waals surface area contributed by atoms with Gasteiger partial charge in [-0.2, -0.15) is 0 Å². The Morgan fingerprint density at radius 2 is 1.69 bits per heavy atom. The highest BCUT2D eigenvalue weighted by molar-refractivity contribution is 9.10. The van der Waals surface area contributed by atoms with Crippen LogP contribution in [0.25, 0.3) is 0 Å². The largest absolute Gasteiger partial charge is 0.573 e. The first-order valence-corrected chi connectivity index (χ1v) is 5.45. The Kier molecular flexibility index (Phi) is 3.57. The maximum absolute atomic E-state index is 12.2. The van der Waals surface area contributed by atoms with E-state index in [0.717, 1.165) is 0 Å². The number of rotatable bonds is 1. The van der Waals surface area contributed by atoms with E-state index in [1.165, 1.54) is 6.07 Å². The number of benzene rings is 1. The van der Waals surface area contributed by atoms with Crippen molar-refractivity contribution in [3.8, 4) is 5.75 Å². The third-order valence-electron chi connectivity index (χ3n) is 1.98. The molecule has 16 heavy (non-hydrogen) atoms. The standard InChI is InChI=1S/C11H12BrF3O/c1-10(2,3)8-5-4-7(12)6-9(8)16-11(13,14)15/h4-6H,1-3H3. The van der Waals surface area contributed by atoms with E-state index in [1.807, 2.05) is 20.8 Å². The van der Waals surface area contributed by atoms with Gasteiger partial charge in [0.2, 0.25) is 0 Å². The first-order chi connectivity index (χ1) is 7.09. The average Bonchev–Trinajstić information content (AvgIpc) is 1.97. The lowest BCUT2D eigenvalue weighted by Crippen LogP contribution is -2.21. The molecule has 0 bridgehead atoms. The van der Waals surface area contributed by atoms with Crippen molar-refractivity contribution in [1.29, 1.82) is 0 Å². The van der Waals surface area contributed by atoms with Crippen molar-refractivity contribution in [2.24, 2.45) is 0 Å². The van der Waals surface area contributed by atoms with Gasteiger partial charge in [0.05, 0.1) is 0 Å². The van der Waals surface area contributed by atoms with Gasteiger partial charge in [0.1, 0.15) is 5.75 Å². The van der Waals surface area contributed by atoms with Gasteiger partial charge in [-0.1, -0.05) is 42.8 Å². The van der Waals surface area contributed by atoms with E-state index in [-0.39, 0.29) is 5.75 Å². The molecule has 0 fully saturated rings. The molecule has 1 aromatic carbocycles. The highest BCUT2D eigenvalue weighted by Gasteiger charge is 2.33. The van der Waals surface area contributed by atoms with Crippen LogP contribution in [0, 0.1) is 0 Å². The van der Waals surface area contributed by atoms with Crippen molar-refractivity contribution in [2.45, 2.75) is 32.5 Å². The Morgan fingerprint density at radius 1 is 1.12 bits per heavy atom. The predicted octanol–water partition coefficient (Wildman–Crippen LogP) is 4.65. The van der Waals surface area contributed by atoms with Crippen LogP contribution in [0.5, 0.6) is 5.75 Å². The molecule has 1 nitrogen and oxygen atoms in total. The molecule has 90 valence electrons. The second kappa shape index (κ2) is 4.28. The minimum absolute atomic E-state index is 0.158. The molecule has 0 aliphatic heterocycles. The third-order valence-corrected chi connectivity index (χ3v) is 2.47. The highest BCUT2D eigenvalue weighted by atomic mass is 79.9. The fourth-order valence-corrected chi connectivity index (χ4v) is 1.66. The summed E-state index contributed by atoms with van der Waals surface area (Å²) in [5.41, 5.74) is 0.120. The molecule has 1 aromatic rings. The summed E-state index contributed by atoms with van der Waals surface area (Å²) in [6.07, 6.45) is -4.67. The second-order valence-electron chi connectivity index (χ2n) is 4.44. The first kappa shape index (κ1) is 13.4. The van der Waals surface area contributed by atoms with Gasteiger partial charge in [0, 0.05) is 4.47 Å². The number of hydrogen-bond donors (Lipinski definition) is 0. The predicted molar refractivity (Wildman–Crippen MR) is 59.5 cm³/mol. The Hall–Kier alpha value is -0.710. The summed E-state index contributed by atoms with van der Waals surface area (Å²) in [7, 11) is 0. The zero-order valence-corrected chi connectivity index (χ0v) is 10.7. The fraction of sp³-hybridized carbons (Fsp3) is 0.455. The summed E-state index contributed by atoms with van der Waals surface area (Å²) >= 11 is 3.12. The van der Waals surface area contributed by atoms with Crippen LogP contribution in [0.2, 0.25) is 0 Å². The maximum Gasteiger partial charge on any atom is 0.573 e. The van der Waals surface area contributed by atoms with Gasteiger partial charge in [0.25, 0.3) is 0 Å². The second-order valence-corrected chi connectivity index (χ2v) is 5.35. The van der Waals surface area contributed by atoms with E-state index in [2.05, 4.69) is 20.7 Å². The number of ether oxygens (including phenoxy) is 1. The lowest BCUT2D eigenvalue weighted by molar-refractivity contribution is -0.275. The first-order valence-electron chi connectivity index (χ1n) is 4.65. The third kappa shape index (κ3) is 3.70. The van der Waals surface area contributed by atoms with E-state index in [9.17, 15) is 13.2 Å². The van der Waals surface area contributed by atoms with Gasteiger partial charge < -0.3 is 4.74 Å². The summed E-state index contributed by atoms with van der Waals surface area (Å²) < 4.78 is 41.2. The Bertz CT molecular complexity index is 380. The SMILES string of the molecule is CC(C)(C)c1ccc(Br)cc1OC(F)(F)F. The number of hydrogen-bond acceptors (Lipinski definition) is 1. The van der Waals surface area contributed by atoms with Crippen LogP contribution in [-0.4, -0.2) is 6.36 Å². The molecule has 5 heteroatoms. The Labute approximate surface area is 101 Å². The molecule has 0 heterocycles. The molecule has 0 saturated carbocycles. The van der Waals surface area contributed by atoms with Crippen LogP contribution < -0.4 is 4.74 Å². The Balaban J connectivity index is 3.19. The van der Waals surface area contributed by atoms with Gasteiger partial charge in [0.15, 0.2) is 0 Å². The van der Waals surface area contributed by atoms with E-state index >= 15 is 0 Å².